The Morgan fingerprint density at radius 1 is 0.765 bits per heavy atom. The van der Waals surface area contributed by atoms with Gasteiger partial charge in [-0.05, 0) is 85.5 Å². The molecule has 4 aromatic carbocycles. The van der Waals surface area contributed by atoms with E-state index in [1.54, 1.807) is 0 Å². The van der Waals surface area contributed by atoms with E-state index in [4.69, 9.17) is 4.42 Å². The van der Waals surface area contributed by atoms with Gasteiger partial charge in [0.05, 0.1) is 5.52 Å². The molecule has 0 aliphatic heterocycles. The van der Waals surface area contributed by atoms with Gasteiger partial charge < -0.3 is 8.98 Å². The highest BCUT2D eigenvalue weighted by Gasteiger charge is 2.16. The summed E-state index contributed by atoms with van der Waals surface area (Å²) in [5, 5.41) is 3.66. The molecule has 2 heteroatoms. The summed E-state index contributed by atoms with van der Waals surface area (Å²) in [6, 6.07) is 30.5. The van der Waals surface area contributed by atoms with E-state index < -0.39 is 0 Å². The third-order valence-electron chi connectivity index (χ3n) is 6.76. The first-order valence-electron chi connectivity index (χ1n) is 12.0. The van der Waals surface area contributed by atoms with Gasteiger partial charge in [-0.2, -0.15) is 0 Å². The van der Waals surface area contributed by atoms with E-state index in [9.17, 15) is 0 Å². The van der Waals surface area contributed by atoms with Crippen LogP contribution in [-0.2, 0) is 6.42 Å². The van der Waals surface area contributed by atoms with Gasteiger partial charge in [0.2, 0.25) is 0 Å². The lowest BCUT2D eigenvalue weighted by Crippen LogP contribution is -1.98. The summed E-state index contributed by atoms with van der Waals surface area (Å²) < 4.78 is 8.48. The summed E-state index contributed by atoms with van der Waals surface area (Å²) in [6.45, 7) is 6.45. The number of benzene rings is 4. The van der Waals surface area contributed by atoms with Crippen LogP contribution in [0.1, 0.15) is 30.7 Å². The Balaban J connectivity index is 1.56. The zero-order valence-electron chi connectivity index (χ0n) is 19.8. The van der Waals surface area contributed by atoms with Gasteiger partial charge in [-0.15, -0.1) is 0 Å². The van der Waals surface area contributed by atoms with Crippen molar-refractivity contribution in [3.05, 3.63) is 108 Å². The normalized spacial score (nSPS) is 12.0. The summed E-state index contributed by atoms with van der Waals surface area (Å²) >= 11 is 0. The fraction of sp³-hybridized carbons (Fsp3) is 0.125. The Morgan fingerprint density at radius 2 is 1.53 bits per heavy atom. The summed E-state index contributed by atoms with van der Waals surface area (Å²) in [7, 11) is 0. The number of para-hydroxylation sites is 1. The summed E-state index contributed by atoms with van der Waals surface area (Å²) in [5.41, 5.74) is 10.6. The summed E-state index contributed by atoms with van der Waals surface area (Å²) in [4.78, 5) is 0. The molecule has 0 radical (unpaired) electrons. The maximum atomic E-state index is 6.09. The zero-order chi connectivity index (χ0) is 23.2. The minimum absolute atomic E-state index is 0.930. The Kier molecular flexibility index (Phi) is 4.88. The van der Waals surface area contributed by atoms with Crippen LogP contribution in [0.15, 0.2) is 95.4 Å². The predicted molar refractivity (Wildman–Crippen MR) is 145 cm³/mol. The van der Waals surface area contributed by atoms with Crippen molar-refractivity contribution >= 4 is 38.9 Å². The number of aryl methyl sites for hydroxylation is 2. The SMILES string of the molecule is C/C=C\c1c(CC)c2ccccc2n1-c1cccc(-c2ccc3oc4ccc(C)cc4c3c2)c1. The van der Waals surface area contributed by atoms with Gasteiger partial charge in [0.15, 0.2) is 0 Å². The van der Waals surface area contributed by atoms with Crippen molar-refractivity contribution < 1.29 is 4.42 Å². The van der Waals surface area contributed by atoms with E-state index in [2.05, 4.69) is 122 Å². The number of hydrogen-bond donors (Lipinski definition) is 0. The number of aromatic nitrogens is 1. The Hall–Kier alpha value is -4.04. The van der Waals surface area contributed by atoms with E-state index >= 15 is 0 Å². The van der Waals surface area contributed by atoms with Crippen LogP contribution >= 0.6 is 0 Å². The van der Waals surface area contributed by atoms with Crippen molar-refractivity contribution in [2.24, 2.45) is 0 Å². The molecule has 0 saturated carbocycles. The topological polar surface area (TPSA) is 18.1 Å². The van der Waals surface area contributed by atoms with Crippen molar-refractivity contribution in [1.82, 2.24) is 4.57 Å². The summed E-state index contributed by atoms with van der Waals surface area (Å²) in [6.07, 6.45) is 5.36. The van der Waals surface area contributed by atoms with E-state index in [-0.39, 0.29) is 0 Å². The number of hydrogen-bond acceptors (Lipinski definition) is 1. The molecule has 0 fully saturated rings. The second-order valence-electron chi connectivity index (χ2n) is 8.93. The first kappa shape index (κ1) is 20.6. The highest BCUT2D eigenvalue weighted by atomic mass is 16.3. The fourth-order valence-corrected chi connectivity index (χ4v) is 5.20. The van der Waals surface area contributed by atoms with Gasteiger partial charge >= 0.3 is 0 Å². The molecule has 6 rings (SSSR count). The van der Waals surface area contributed by atoms with Crippen LogP contribution < -0.4 is 0 Å². The maximum absolute atomic E-state index is 6.09. The molecular formula is C32H27NO. The molecule has 0 amide bonds. The second-order valence-corrected chi connectivity index (χ2v) is 8.93. The quantitative estimate of drug-likeness (QED) is 0.267. The molecule has 0 aliphatic rings. The third kappa shape index (κ3) is 3.18. The van der Waals surface area contributed by atoms with E-state index in [0.717, 1.165) is 23.0 Å². The molecular weight excluding hydrogens is 414 g/mol. The van der Waals surface area contributed by atoms with Crippen molar-refractivity contribution in [3.63, 3.8) is 0 Å². The molecule has 166 valence electrons. The molecule has 0 N–H and O–H groups in total. The molecule has 0 saturated heterocycles. The maximum Gasteiger partial charge on any atom is 0.135 e. The van der Waals surface area contributed by atoms with Crippen molar-refractivity contribution in [3.8, 4) is 16.8 Å². The molecule has 2 nitrogen and oxygen atoms in total. The van der Waals surface area contributed by atoms with Gasteiger partial charge in [0.1, 0.15) is 11.2 Å². The van der Waals surface area contributed by atoms with Gasteiger partial charge in [0, 0.05) is 27.5 Å². The molecule has 34 heavy (non-hydrogen) atoms. The Morgan fingerprint density at radius 3 is 2.35 bits per heavy atom. The lowest BCUT2D eigenvalue weighted by Gasteiger charge is -2.12. The van der Waals surface area contributed by atoms with Crippen LogP contribution in [-0.4, -0.2) is 4.57 Å². The predicted octanol–water partition coefficient (Wildman–Crippen LogP) is 9.10. The van der Waals surface area contributed by atoms with Crippen molar-refractivity contribution in [2.45, 2.75) is 27.2 Å². The van der Waals surface area contributed by atoms with E-state index in [1.807, 2.05) is 0 Å². The van der Waals surface area contributed by atoms with Crippen LogP contribution in [0.4, 0.5) is 0 Å². The number of fused-ring (bicyclic) bond motifs is 4. The second kappa shape index (κ2) is 8.07. The fourth-order valence-electron chi connectivity index (χ4n) is 5.20. The Labute approximate surface area is 199 Å². The monoisotopic (exact) mass is 441 g/mol. The molecule has 2 aromatic heterocycles. The molecule has 0 unspecified atom stereocenters. The largest absolute Gasteiger partial charge is 0.456 e. The van der Waals surface area contributed by atoms with Crippen molar-refractivity contribution in [1.29, 1.82) is 0 Å². The van der Waals surface area contributed by atoms with Gasteiger partial charge in [-0.3, -0.25) is 0 Å². The summed E-state index contributed by atoms with van der Waals surface area (Å²) in [5.74, 6) is 0. The first-order chi connectivity index (χ1) is 16.7. The van der Waals surface area contributed by atoms with Crippen molar-refractivity contribution in [2.75, 3.05) is 0 Å². The van der Waals surface area contributed by atoms with Gasteiger partial charge in [0.25, 0.3) is 0 Å². The molecule has 0 bridgehead atoms. The standard InChI is InChI=1S/C32H27NO/c1-4-9-29-25(5-2)26-12-6-7-13-30(26)33(29)24-11-8-10-22(19-24)23-15-17-32-28(20-23)27-18-21(3)14-16-31(27)34-32/h4,6-20H,5H2,1-3H3/b9-4-. The zero-order valence-corrected chi connectivity index (χ0v) is 19.8. The number of rotatable bonds is 4. The molecule has 0 spiro atoms. The first-order valence-corrected chi connectivity index (χ1v) is 12.0. The minimum Gasteiger partial charge on any atom is -0.456 e. The lowest BCUT2D eigenvalue weighted by atomic mass is 10.0. The number of furan rings is 1. The average molecular weight is 442 g/mol. The highest BCUT2D eigenvalue weighted by Crippen LogP contribution is 2.35. The number of allylic oxidation sites excluding steroid dienone is 1. The third-order valence-corrected chi connectivity index (χ3v) is 6.76. The highest BCUT2D eigenvalue weighted by molar-refractivity contribution is 6.06. The van der Waals surface area contributed by atoms with E-state index in [0.29, 0.717) is 0 Å². The van der Waals surface area contributed by atoms with Crippen LogP contribution in [0.5, 0.6) is 0 Å². The average Bonchev–Trinajstić information content (AvgIpc) is 3.38. The Bertz CT molecular complexity index is 1710. The molecule has 2 heterocycles. The van der Waals surface area contributed by atoms with Crippen LogP contribution in [0.25, 0.3) is 55.7 Å². The molecule has 0 atom stereocenters. The molecule has 0 aliphatic carbocycles. The minimum atomic E-state index is 0.930. The van der Waals surface area contributed by atoms with Crippen LogP contribution in [0.2, 0.25) is 0 Å². The van der Waals surface area contributed by atoms with Crippen LogP contribution in [0, 0.1) is 6.92 Å². The van der Waals surface area contributed by atoms with Gasteiger partial charge in [-0.1, -0.05) is 61.0 Å². The lowest BCUT2D eigenvalue weighted by molar-refractivity contribution is 0.669. The smallest absolute Gasteiger partial charge is 0.135 e. The van der Waals surface area contributed by atoms with Crippen LogP contribution in [0.3, 0.4) is 0 Å². The molecule has 6 aromatic rings. The van der Waals surface area contributed by atoms with E-state index in [1.165, 1.54) is 49.9 Å². The number of nitrogens with zero attached hydrogens (tertiary/aromatic N) is 1. The van der Waals surface area contributed by atoms with Gasteiger partial charge in [-0.25, -0.2) is 0 Å².